The molecule has 0 aromatic heterocycles. The SMILES string of the molecule is NCC(Cc1cccc(Cl)c1Cl)c1cc(F)ccc1F. The van der Waals surface area contributed by atoms with E-state index in [4.69, 9.17) is 28.9 Å². The number of halogens is 4. The number of hydrogen-bond acceptors (Lipinski definition) is 1. The summed E-state index contributed by atoms with van der Waals surface area (Å²) in [5.41, 5.74) is 6.71. The van der Waals surface area contributed by atoms with Gasteiger partial charge in [0.1, 0.15) is 11.6 Å². The summed E-state index contributed by atoms with van der Waals surface area (Å²) < 4.78 is 27.1. The number of rotatable bonds is 4. The van der Waals surface area contributed by atoms with Crippen LogP contribution in [0.5, 0.6) is 0 Å². The third-order valence-electron chi connectivity index (χ3n) is 3.18. The molecule has 1 nitrogen and oxygen atoms in total. The second kappa shape index (κ2) is 6.53. The van der Waals surface area contributed by atoms with E-state index in [-0.39, 0.29) is 18.0 Å². The van der Waals surface area contributed by atoms with E-state index in [1.165, 1.54) is 6.07 Å². The Morgan fingerprint density at radius 2 is 1.85 bits per heavy atom. The van der Waals surface area contributed by atoms with Gasteiger partial charge >= 0.3 is 0 Å². The fourth-order valence-corrected chi connectivity index (χ4v) is 2.52. The molecule has 0 heterocycles. The number of hydrogen-bond donors (Lipinski definition) is 1. The Balaban J connectivity index is 2.34. The predicted molar refractivity (Wildman–Crippen MR) is 78.3 cm³/mol. The van der Waals surface area contributed by atoms with Crippen LogP contribution in [0.3, 0.4) is 0 Å². The minimum atomic E-state index is -0.489. The first-order valence-electron chi connectivity index (χ1n) is 6.10. The second-order valence-corrected chi connectivity index (χ2v) is 5.30. The van der Waals surface area contributed by atoms with Crippen molar-refractivity contribution < 1.29 is 8.78 Å². The molecule has 0 saturated heterocycles. The van der Waals surface area contributed by atoms with Crippen LogP contribution in [-0.4, -0.2) is 6.54 Å². The lowest BCUT2D eigenvalue weighted by molar-refractivity contribution is 0.557. The highest BCUT2D eigenvalue weighted by atomic mass is 35.5. The highest BCUT2D eigenvalue weighted by molar-refractivity contribution is 6.42. The third kappa shape index (κ3) is 3.29. The molecular weight excluding hydrogens is 303 g/mol. The van der Waals surface area contributed by atoms with E-state index in [1.807, 2.05) is 0 Å². The smallest absolute Gasteiger partial charge is 0.126 e. The van der Waals surface area contributed by atoms with E-state index in [1.54, 1.807) is 18.2 Å². The summed E-state index contributed by atoms with van der Waals surface area (Å²) in [5, 5.41) is 0.851. The zero-order valence-corrected chi connectivity index (χ0v) is 12.1. The Labute approximate surface area is 126 Å². The van der Waals surface area contributed by atoms with Gasteiger partial charge in [0.05, 0.1) is 10.0 Å². The largest absolute Gasteiger partial charge is 0.330 e. The summed E-state index contributed by atoms with van der Waals surface area (Å²) in [4.78, 5) is 0. The fourth-order valence-electron chi connectivity index (χ4n) is 2.12. The summed E-state index contributed by atoms with van der Waals surface area (Å²) in [7, 11) is 0. The van der Waals surface area contributed by atoms with Crippen LogP contribution in [0, 0.1) is 11.6 Å². The lowest BCUT2D eigenvalue weighted by atomic mass is 9.91. The van der Waals surface area contributed by atoms with E-state index in [0.29, 0.717) is 16.5 Å². The normalized spacial score (nSPS) is 12.4. The molecule has 0 saturated carbocycles. The van der Waals surface area contributed by atoms with Crippen molar-refractivity contribution in [3.05, 3.63) is 69.2 Å². The summed E-state index contributed by atoms with van der Waals surface area (Å²) >= 11 is 12.1. The van der Waals surface area contributed by atoms with Crippen LogP contribution in [0.4, 0.5) is 8.78 Å². The topological polar surface area (TPSA) is 26.0 Å². The van der Waals surface area contributed by atoms with Gasteiger partial charge in [0, 0.05) is 5.92 Å². The summed E-state index contributed by atoms with van der Waals surface area (Å²) in [6.07, 6.45) is 0.399. The Morgan fingerprint density at radius 1 is 1.10 bits per heavy atom. The van der Waals surface area contributed by atoms with E-state index < -0.39 is 11.6 Å². The van der Waals surface area contributed by atoms with Crippen LogP contribution in [0.2, 0.25) is 10.0 Å². The van der Waals surface area contributed by atoms with Gasteiger partial charge in [-0.3, -0.25) is 0 Å². The van der Waals surface area contributed by atoms with Crippen molar-refractivity contribution in [3.8, 4) is 0 Å². The molecular formula is C15H13Cl2F2N. The summed E-state index contributed by atoms with van der Waals surface area (Å²) in [6, 6.07) is 8.59. The maximum Gasteiger partial charge on any atom is 0.126 e. The molecule has 0 aliphatic heterocycles. The van der Waals surface area contributed by atoms with Crippen LogP contribution >= 0.6 is 23.2 Å². The average molecular weight is 316 g/mol. The van der Waals surface area contributed by atoms with Gasteiger partial charge in [0.2, 0.25) is 0 Å². The van der Waals surface area contributed by atoms with Crippen LogP contribution in [-0.2, 0) is 6.42 Å². The van der Waals surface area contributed by atoms with Crippen molar-refractivity contribution in [3.63, 3.8) is 0 Å². The Bertz CT molecular complexity index is 617. The molecule has 0 spiro atoms. The first-order valence-corrected chi connectivity index (χ1v) is 6.86. The van der Waals surface area contributed by atoms with Gasteiger partial charge in [-0.05, 0) is 48.4 Å². The Kier molecular flexibility index (Phi) is 4.97. The van der Waals surface area contributed by atoms with Crippen molar-refractivity contribution in [2.45, 2.75) is 12.3 Å². The van der Waals surface area contributed by atoms with Crippen molar-refractivity contribution in [1.82, 2.24) is 0 Å². The van der Waals surface area contributed by atoms with Gasteiger partial charge in [0.15, 0.2) is 0 Å². The van der Waals surface area contributed by atoms with Gasteiger partial charge in [-0.25, -0.2) is 8.78 Å². The molecule has 20 heavy (non-hydrogen) atoms. The predicted octanol–water partition coefficient (Wildman–Crippen LogP) is 4.56. The van der Waals surface area contributed by atoms with Gasteiger partial charge in [-0.1, -0.05) is 35.3 Å². The van der Waals surface area contributed by atoms with Crippen LogP contribution in [0.1, 0.15) is 17.0 Å². The monoisotopic (exact) mass is 315 g/mol. The van der Waals surface area contributed by atoms with Gasteiger partial charge in [-0.15, -0.1) is 0 Å². The molecule has 1 unspecified atom stereocenters. The fraction of sp³-hybridized carbons (Fsp3) is 0.200. The molecule has 0 bridgehead atoms. The van der Waals surface area contributed by atoms with Crippen molar-refractivity contribution >= 4 is 23.2 Å². The molecule has 106 valence electrons. The molecule has 2 rings (SSSR count). The third-order valence-corrected chi connectivity index (χ3v) is 4.04. The van der Waals surface area contributed by atoms with Crippen molar-refractivity contribution in [1.29, 1.82) is 0 Å². The van der Waals surface area contributed by atoms with Crippen molar-refractivity contribution in [2.24, 2.45) is 5.73 Å². The van der Waals surface area contributed by atoms with Gasteiger partial charge in [0.25, 0.3) is 0 Å². The van der Waals surface area contributed by atoms with E-state index in [0.717, 1.165) is 17.7 Å². The molecule has 0 aliphatic rings. The number of nitrogens with two attached hydrogens (primary N) is 1. The van der Waals surface area contributed by atoms with Crippen LogP contribution in [0.15, 0.2) is 36.4 Å². The lowest BCUT2D eigenvalue weighted by Gasteiger charge is -2.17. The molecule has 2 N–H and O–H groups in total. The van der Waals surface area contributed by atoms with E-state index in [2.05, 4.69) is 0 Å². The molecule has 0 amide bonds. The second-order valence-electron chi connectivity index (χ2n) is 4.52. The highest BCUT2D eigenvalue weighted by Gasteiger charge is 2.18. The lowest BCUT2D eigenvalue weighted by Crippen LogP contribution is -2.17. The summed E-state index contributed by atoms with van der Waals surface area (Å²) in [5.74, 6) is -1.32. The first kappa shape index (κ1) is 15.2. The van der Waals surface area contributed by atoms with Gasteiger partial charge in [-0.2, -0.15) is 0 Å². The van der Waals surface area contributed by atoms with E-state index in [9.17, 15) is 8.78 Å². The van der Waals surface area contributed by atoms with Gasteiger partial charge < -0.3 is 5.73 Å². The molecule has 1 atom stereocenters. The van der Waals surface area contributed by atoms with Crippen LogP contribution < -0.4 is 5.73 Å². The zero-order valence-electron chi connectivity index (χ0n) is 10.5. The zero-order chi connectivity index (χ0) is 14.7. The highest BCUT2D eigenvalue weighted by Crippen LogP contribution is 2.30. The standard InChI is InChI=1S/C15H13Cl2F2N/c16-13-3-1-2-9(15(13)17)6-10(8-20)12-7-11(18)4-5-14(12)19/h1-5,7,10H,6,8,20H2. The quantitative estimate of drug-likeness (QED) is 0.879. The molecule has 2 aromatic rings. The maximum atomic E-state index is 13.8. The molecule has 5 heteroatoms. The van der Waals surface area contributed by atoms with Crippen LogP contribution in [0.25, 0.3) is 0 Å². The van der Waals surface area contributed by atoms with Crippen molar-refractivity contribution in [2.75, 3.05) is 6.54 Å². The molecule has 0 fully saturated rings. The Hall–Kier alpha value is -1.16. The first-order chi connectivity index (χ1) is 9.52. The minimum Gasteiger partial charge on any atom is -0.330 e. The summed E-state index contributed by atoms with van der Waals surface area (Å²) in [6.45, 7) is 0.184. The molecule has 0 radical (unpaired) electrons. The molecule has 2 aromatic carbocycles. The number of benzene rings is 2. The maximum absolute atomic E-state index is 13.8. The Morgan fingerprint density at radius 3 is 2.55 bits per heavy atom. The minimum absolute atomic E-state index is 0.184. The molecule has 0 aliphatic carbocycles. The average Bonchev–Trinajstić information content (AvgIpc) is 2.43. The van der Waals surface area contributed by atoms with E-state index >= 15 is 0 Å².